The molecule has 1 aromatic carbocycles. The van der Waals surface area contributed by atoms with Crippen molar-refractivity contribution in [3.8, 4) is 0 Å². The molecule has 4 rings (SSSR count). The Labute approximate surface area is 142 Å². The van der Waals surface area contributed by atoms with Crippen LogP contribution in [0.1, 0.15) is 37.8 Å². The lowest BCUT2D eigenvalue weighted by Gasteiger charge is -2.35. The molecule has 1 aliphatic heterocycles. The standard InChI is InChI=1S/C19H24N4O/c1-13-16-7-2-3-8-17(16)18(22-21-13)23-11-9-15(10-12-23)20-19(24)14-5-4-6-14/h2-3,7-8,14-15H,4-6,9-12H2,1H3,(H,20,24). The largest absolute Gasteiger partial charge is 0.354 e. The molecule has 0 atom stereocenters. The first-order valence-corrected chi connectivity index (χ1v) is 9.00. The van der Waals surface area contributed by atoms with Crippen LogP contribution in [0.4, 0.5) is 5.82 Å². The Morgan fingerprint density at radius 1 is 1.08 bits per heavy atom. The van der Waals surface area contributed by atoms with Crippen LogP contribution in [0.25, 0.3) is 10.8 Å². The minimum Gasteiger partial charge on any atom is -0.354 e. The summed E-state index contributed by atoms with van der Waals surface area (Å²) in [7, 11) is 0. The number of benzene rings is 1. The van der Waals surface area contributed by atoms with Crippen molar-refractivity contribution in [3.05, 3.63) is 30.0 Å². The normalized spacial score (nSPS) is 19.3. The molecule has 2 fully saturated rings. The van der Waals surface area contributed by atoms with Gasteiger partial charge in [-0.1, -0.05) is 30.7 Å². The van der Waals surface area contributed by atoms with Crippen molar-refractivity contribution in [1.82, 2.24) is 15.5 Å². The van der Waals surface area contributed by atoms with Crippen molar-refractivity contribution < 1.29 is 4.79 Å². The van der Waals surface area contributed by atoms with E-state index in [2.05, 4.69) is 38.6 Å². The first kappa shape index (κ1) is 15.4. The highest BCUT2D eigenvalue weighted by Crippen LogP contribution is 2.29. The molecule has 5 nitrogen and oxygen atoms in total. The number of carbonyl (C=O) groups is 1. The van der Waals surface area contributed by atoms with E-state index in [0.29, 0.717) is 6.04 Å². The van der Waals surface area contributed by atoms with E-state index in [0.717, 1.165) is 50.3 Å². The van der Waals surface area contributed by atoms with Gasteiger partial charge in [-0.25, -0.2) is 0 Å². The second-order valence-electron chi connectivity index (χ2n) is 7.05. The number of hydrogen-bond donors (Lipinski definition) is 1. The first-order valence-electron chi connectivity index (χ1n) is 9.00. The third-order valence-electron chi connectivity index (χ3n) is 5.47. The molecule has 5 heteroatoms. The second kappa shape index (κ2) is 6.38. The molecule has 0 bridgehead atoms. The Hall–Kier alpha value is -2.17. The third kappa shape index (κ3) is 2.83. The number of piperidine rings is 1. The predicted molar refractivity (Wildman–Crippen MR) is 95.0 cm³/mol. The number of anilines is 1. The lowest BCUT2D eigenvalue weighted by atomic mass is 9.84. The smallest absolute Gasteiger partial charge is 0.223 e. The number of carbonyl (C=O) groups excluding carboxylic acids is 1. The fraction of sp³-hybridized carbons (Fsp3) is 0.526. The van der Waals surface area contributed by atoms with Crippen LogP contribution in [0.5, 0.6) is 0 Å². The summed E-state index contributed by atoms with van der Waals surface area (Å²) in [4.78, 5) is 14.4. The maximum absolute atomic E-state index is 12.1. The SMILES string of the molecule is Cc1nnc(N2CCC(NC(=O)C3CCC3)CC2)c2ccccc12. The Kier molecular flexibility index (Phi) is 4.08. The second-order valence-corrected chi connectivity index (χ2v) is 7.05. The Bertz CT molecular complexity index is 748. The average Bonchev–Trinajstić information content (AvgIpc) is 2.55. The number of aryl methyl sites for hydroxylation is 1. The Morgan fingerprint density at radius 2 is 1.79 bits per heavy atom. The van der Waals surface area contributed by atoms with E-state index in [1.807, 2.05) is 13.0 Å². The first-order chi connectivity index (χ1) is 11.7. The van der Waals surface area contributed by atoms with E-state index in [1.54, 1.807) is 0 Å². The molecule has 2 aromatic rings. The van der Waals surface area contributed by atoms with Crippen LogP contribution in [-0.4, -0.2) is 35.2 Å². The van der Waals surface area contributed by atoms with Gasteiger partial charge in [0.25, 0.3) is 0 Å². The van der Waals surface area contributed by atoms with E-state index in [-0.39, 0.29) is 11.8 Å². The van der Waals surface area contributed by atoms with Crippen LogP contribution in [0, 0.1) is 12.8 Å². The number of rotatable bonds is 3. The van der Waals surface area contributed by atoms with Crippen LogP contribution in [0.15, 0.2) is 24.3 Å². The van der Waals surface area contributed by atoms with Gasteiger partial charge in [0.1, 0.15) is 0 Å². The van der Waals surface area contributed by atoms with Crippen molar-refractivity contribution in [1.29, 1.82) is 0 Å². The summed E-state index contributed by atoms with van der Waals surface area (Å²) >= 11 is 0. The van der Waals surface area contributed by atoms with Crippen molar-refractivity contribution in [3.63, 3.8) is 0 Å². The highest BCUT2D eigenvalue weighted by molar-refractivity contribution is 5.93. The van der Waals surface area contributed by atoms with Gasteiger partial charge in [0, 0.05) is 35.8 Å². The van der Waals surface area contributed by atoms with Crippen molar-refractivity contribution in [2.24, 2.45) is 5.92 Å². The number of hydrogen-bond acceptors (Lipinski definition) is 4. The van der Waals surface area contributed by atoms with Crippen LogP contribution in [0.2, 0.25) is 0 Å². The van der Waals surface area contributed by atoms with Gasteiger partial charge in [0.05, 0.1) is 5.69 Å². The number of amides is 1. The van der Waals surface area contributed by atoms with Crippen molar-refractivity contribution in [2.75, 3.05) is 18.0 Å². The molecule has 1 saturated carbocycles. The number of fused-ring (bicyclic) bond motifs is 1. The fourth-order valence-corrected chi connectivity index (χ4v) is 3.68. The molecule has 2 aliphatic rings. The molecule has 0 radical (unpaired) electrons. The zero-order valence-corrected chi connectivity index (χ0v) is 14.2. The Balaban J connectivity index is 1.44. The predicted octanol–water partition coefficient (Wildman–Crippen LogP) is 2.82. The minimum absolute atomic E-state index is 0.264. The van der Waals surface area contributed by atoms with Crippen molar-refractivity contribution >= 4 is 22.5 Å². The summed E-state index contributed by atoms with van der Waals surface area (Å²) in [5, 5.41) is 14.4. The van der Waals surface area contributed by atoms with Gasteiger partial charge < -0.3 is 10.2 Å². The molecule has 1 aromatic heterocycles. The van der Waals surface area contributed by atoms with E-state index >= 15 is 0 Å². The van der Waals surface area contributed by atoms with Crippen LogP contribution in [-0.2, 0) is 4.79 Å². The molecule has 2 heterocycles. The quantitative estimate of drug-likeness (QED) is 0.943. The molecular formula is C19H24N4O. The van der Waals surface area contributed by atoms with Gasteiger partial charge in [0.15, 0.2) is 5.82 Å². The number of aromatic nitrogens is 2. The topological polar surface area (TPSA) is 58.1 Å². The summed E-state index contributed by atoms with van der Waals surface area (Å²) in [5.41, 5.74) is 0.969. The molecule has 0 unspecified atom stereocenters. The van der Waals surface area contributed by atoms with Gasteiger partial charge in [0.2, 0.25) is 5.91 Å². The lowest BCUT2D eigenvalue weighted by molar-refractivity contribution is -0.128. The fourth-order valence-electron chi connectivity index (χ4n) is 3.68. The molecule has 1 aliphatic carbocycles. The highest BCUT2D eigenvalue weighted by atomic mass is 16.2. The summed E-state index contributed by atoms with van der Waals surface area (Å²) in [6, 6.07) is 8.63. The lowest BCUT2D eigenvalue weighted by Crippen LogP contribution is -2.47. The maximum atomic E-state index is 12.1. The number of nitrogens with one attached hydrogen (secondary N) is 1. The summed E-state index contributed by atoms with van der Waals surface area (Å²) in [6.45, 7) is 3.83. The van der Waals surface area contributed by atoms with Gasteiger partial charge in [-0.2, -0.15) is 5.10 Å². The number of nitrogens with zero attached hydrogens (tertiary/aromatic N) is 3. The summed E-state index contributed by atoms with van der Waals surface area (Å²) in [6.07, 6.45) is 5.28. The van der Waals surface area contributed by atoms with Gasteiger partial charge in [-0.3, -0.25) is 4.79 Å². The minimum atomic E-state index is 0.264. The zero-order valence-electron chi connectivity index (χ0n) is 14.2. The third-order valence-corrected chi connectivity index (χ3v) is 5.47. The van der Waals surface area contributed by atoms with E-state index in [9.17, 15) is 4.79 Å². The monoisotopic (exact) mass is 324 g/mol. The van der Waals surface area contributed by atoms with E-state index < -0.39 is 0 Å². The van der Waals surface area contributed by atoms with E-state index in [1.165, 1.54) is 17.2 Å². The molecular weight excluding hydrogens is 300 g/mol. The molecule has 24 heavy (non-hydrogen) atoms. The Morgan fingerprint density at radius 3 is 2.46 bits per heavy atom. The van der Waals surface area contributed by atoms with Gasteiger partial charge in [-0.05, 0) is 32.6 Å². The summed E-state index contributed by atoms with van der Waals surface area (Å²) in [5.74, 6) is 1.51. The average molecular weight is 324 g/mol. The molecule has 1 amide bonds. The molecule has 1 N–H and O–H groups in total. The van der Waals surface area contributed by atoms with Crippen LogP contribution < -0.4 is 10.2 Å². The summed E-state index contributed by atoms with van der Waals surface area (Å²) < 4.78 is 0. The van der Waals surface area contributed by atoms with Crippen LogP contribution >= 0.6 is 0 Å². The molecule has 0 spiro atoms. The van der Waals surface area contributed by atoms with Crippen molar-refractivity contribution in [2.45, 2.75) is 45.1 Å². The molecule has 1 saturated heterocycles. The highest BCUT2D eigenvalue weighted by Gasteiger charge is 2.29. The molecule has 126 valence electrons. The van der Waals surface area contributed by atoms with Crippen LogP contribution in [0.3, 0.4) is 0 Å². The zero-order chi connectivity index (χ0) is 16.5. The van der Waals surface area contributed by atoms with E-state index in [4.69, 9.17) is 0 Å². The maximum Gasteiger partial charge on any atom is 0.223 e. The van der Waals surface area contributed by atoms with Gasteiger partial charge >= 0.3 is 0 Å². The van der Waals surface area contributed by atoms with Gasteiger partial charge in [-0.15, -0.1) is 5.10 Å².